The Kier molecular flexibility index (Phi) is 4.96. The first-order valence-electron chi connectivity index (χ1n) is 11.4. The topological polar surface area (TPSA) is 32.8 Å². The van der Waals surface area contributed by atoms with Crippen LogP contribution in [-0.2, 0) is 9.53 Å². The highest BCUT2D eigenvalue weighted by molar-refractivity contribution is 5.99. The molecule has 3 atom stereocenters. The maximum absolute atomic E-state index is 13.1. The molecule has 0 aromatic heterocycles. The van der Waals surface area contributed by atoms with Gasteiger partial charge in [0.25, 0.3) is 0 Å². The Balaban J connectivity index is 1.25. The number of hydrogen-bond acceptors (Lipinski definition) is 3. The second-order valence-corrected chi connectivity index (χ2v) is 9.58. The Morgan fingerprint density at radius 3 is 2.50 bits per heavy atom. The summed E-state index contributed by atoms with van der Waals surface area (Å²) in [5.74, 6) is 1.01. The van der Waals surface area contributed by atoms with E-state index in [0.717, 1.165) is 56.8 Å². The van der Waals surface area contributed by atoms with Gasteiger partial charge in [0.05, 0.1) is 5.41 Å². The van der Waals surface area contributed by atoms with Crippen molar-refractivity contribution in [2.24, 2.45) is 5.41 Å². The molecule has 28 heavy (non-hydrogen) atoms. The molecule has 0 radical (unpaired) electrons. The van der Waals surface area contributed by atoms with Crippen molar-refractivity contribution in [1.29, 1.82) is 0 Å². The van der Waals surface area contributed by atoms with Crippen LogP contribution in [0.25, 0.3) is 0 Å². The van der Waals surface area contributed by atoms with Crippen molar-refractivity contribution in [1.82, 2.24) is 4.90 Å². The molecule has 3 aliphatic heterocycles. The van der Waals surface area contributed by atoms with Gasteiger partial charge in [0.1, 0.15) is 0 Å². The van der Waals surface area contributed by atoms with Gasteiger partial charge in [-0.05, 0) is 88.4 Å². The Morgan fingerprint density at radius 1 is 1.00 bits per heavy atom. The van der Waals surface area contributed by atoms with Crippen molar-refractivity contribution in [2.45, 2.75) is 76.3 Å². The molecule has 3 saturated heterocycles. The number of likely N-dealkylation sites (tertiary alicyclic amines) is 1. The van der Waals surface area contributed by atoms with Gasteiger partial charge in [0.15, 0.2) is 0 Å². The summed E-state index contributed by atoms with van der Waals surface area (Å²) in [6.45, 7) is 6.01. The summed E-state index contributed by atoms with van der Waals surface area (Å²) in [6.07, 6.45) is 9.44. The zero-order valence-corrected chi connectivity index (χ0v) is 17.2. The van der Waals surface area contributed by atoms with E-state index in [9.17, 15) is 4.79 Å². The van der Waals surface area contributed by atoms with Crippen molar-refractivity contribution in [2.75, 3.05) is 31.2 Å². The fourth-order valence-corrected chi connectivity index (χ4v) is 6.28. The fourth-order valence-electron chi connectivity index (χ4n) is 6.28. The zero-order chi connectivity index (χ0) is 19.1. The van der Waals surface area contributed by atoms with Crippen LogP contribution in [0.3, 0.4) is 0 Å². The third-order valence-corrected chi connectivity index (χ3v) is 8.12. The minimum atomic E-state index is -0.151. The van der Waals surface area contributed by atoms with E-state index in [-0.39, 0.29) is 5.41 Å². The summed E-state index contributed by atoms with van der Waals surface area (Å²) >= 11 is 0. The summed E-state index contributed by atoms with van der Waals surface area (Å²) in [4.78, 5) is 17.9. The third-order valence-electron chi connectivity index (χ3n) is 8.12. The Hall–Kier alpha value is -1.39. The highest BCUT2D eigenvalue weighted by Gasteiger charge is 2.47. The summed E-state index contributed by atoms with van der Waals surface area (Å²) in [5, 5.41) is 0. The third kappa shape index (κ3) is 3.19. The van der Waals surface area contributed by atoms with Gasteiger partial charge in [0, 0.05) is 37.5 Å². The monoisotopic (exact) mass is 382 g/mol. The molecule has 0 bridgehead atoms. The maximum atomic E-state index is 13.1. The highest BCUT2D eigenvalue weighted by Crippen LogP contribution is 2.43. The largest absolute Gasteiger partial charge is 0.381 e. The number of nitrogens with zero attached hydrogens (tertiary/aromatic N) is 2. The number of benzene rings is 1. The van der Waals surface area contributed by atoms with Gasteiger partial charge in [-0.2, -0.15) is 0 Å². The van der Waals surface area contributed by atoms with Gasteiger partial charge in [-0.25, -0.2) is 0 Å². The van der Waals surface area contributed by atoms with Gasteiger partial charge in [-0.3, -0.25) is 9.69 Å². The molecular formula is C24H34N2O2. The van der Waals surface area contributed by atoms with Crippen molar-refractivity contribution in [3.63, 3.8) is 0 Å². The lowest BCUT2D eigenvalue weighted by Gasteiger charge is -2.31. The molecule has 4 nitrogen and oxygen atoms in total. The first kappa shape index (κ1) is 18.6. The lowest BCUT2D eigenvalue weighted by molar-refractivity contribution is -0.130. The molecule has 0 N–H and O–H groups in total. The van der Waals surface area contributed by atoms with Crippen LogP contribution in [0.15, 0.2) is 24.3 Å². The van der Waals surface area contributed by atoms with Gasteiger partial charge in [-0.15, -0.1) is 0 Å². The normalized spacial score (nSPS) is 33.2. The van der Waals surface area contributed by atoms with Crippen molar-refractivity contribution >= 4 is 11.6 Å². The smallest absolute Gasteiger partial charge is 0.233 e. The van der Waals surface area contributed by atoms with Gasteiger partial charge in [-0.1, -0.05) is 12.1 Å². The molecule has 4 aliphatic rings. The van der Waals surface area contributed by atoms with Crippen molar-refractivity contribution in [3.05, 3.63) is 29.8 Å². The SMILES string of the molecule is C[C@H]1CCCN1[C@H]1CC[C@H](c2ccc(N3CCC4(CCOCC4)C3=O)cc2)C1. The van der Waals surface area contributed by atoms with Gasteiger partial charge >= 0.3 is 0 Å². The highest BCUT2D eigenvalue weighted by atomic mass is 16.5. The Labute approximate surface area is 169 Å². The van der Waals surface area contributed by atoms with Crippen LogP contribution in [0.4, 0.5) is 5.69 Å². The van der Waals surface area contributed by atoms with Crippen molar-refractivity contribution in [3.8, 4) is 0 Å². The van der Waals surface area contributed by atoms with Gasteiger partial charge in [0.2, 0.25) is 5.91 Å². The molecule has 3 heterocycles. The van der Waals surface area contributed by atoms with E-state index in [1.54, 1.807) is 0 Å². The van der Waals surface area contributed by atoms with E-state index in [0.29, 0.717) is 11.8 Å². The molecule has 1 aromatic carbocycles. The minimum Gasteiger partial charge on any atom is -0.381 e. The summed E-state index contributed by atoms with van der Waals surface area (Å²) in [5.41, 5.74) is 2.40. The average molecular weight is 383 g/mol. The van der Waals surface area contributed by atoms with E-state index in [1.807, 2.05) is 4.90 Å². The van der Waals surface area contributed by atoms with Crippen LogP contribution >= 0.6 is 0 Å². The number of hydrogen-bond donors (Lipinski definition) is 0. The van der Waals surface area contributed by atoms with Gasteiger partial charge < -0.3 is 9.64 Å². The predicted molar refractivity (Wildman–Crippen MR) is 112 cm³/mol. The molecule has 1 aliphatic carbocycles. The van der Waals surface area contributed by atoms with Crippen LogP contribution in [0, 0.1) is 5.41 Å². The first-order valence-corrected chi connectivity index (χ1v) is 11.4. The van der Waals surface area contributed by atoms with Crippen LogP contribution in [0.2, 0.25) is 0 Å². The number of amides is 1. The van der Waals surface area contributed by atoms with Crippen molar-refractivity contribution < 1.29 is 9.53 Å². The number of ether oxygens (including phenoxy) is 1. The predicted octanol–water partition coefficient (Wildman–Crippen LogP) is 4.34. The van der Waals surface area contributed by atoms with Crippen LogP contribution < -0.4 is 4.90 Å². The van der Waals surface area contributed by atoms with E-state index in [2.05, 4.69) is 36.1 Å². The molecule has 1 saturated carbocycles. The molecule has 152 valence electrons. The van der Waals surface area contributed by atoms with Crippen LogP contribution in [-0.4, -0.2) is 49.2 Å². The lowest BCUT2D eigenvalue weighted by atomic mass is 9.79. The minimum absolute atomic E-state index is 0.151. The number of rotatable bonds is 3. The van der Waals surface area contributed by atoms with E-state index < -0.39 is 0 Å². The fraction of sp³-hybridized carbons (Fsp3) is 0.708. The van der Waals surface area contributed by atoms with Crippen LogP contribution in [0.5, 0.6) is 0 Å². The number of carbonyl (C=O) groups is 1. The summed E-state index contributed by atoms with van der Waals surface area (Å²) < 4.78 is 5.50. The molecule has 1 aromatic rings. The summed E-state index contributed by atoms with van der Waals surface area (Å²) in [6, 6.07) is 10.5. The molecule has 1 spiro atoms. The molecule has 0 unspecified atom stereocenters. The first-order chi connectivity index (χ1) is 13.7. The molecular weight excluding hydrogens is 348 g/mol. The van der Waals surface area contributed by atoms with E-state index in [1.165, 1.54) is 44.2 Å². The van der Waals surface area contributed by atoms with Crippen LogP contribution in [0.1, 0.15) is 69.8 Å². The Bertz CT molecular complexity index is 710. The average Bonchev–Trinajstić information content (AvgIpc) is 3.44. The maximum Gasteiger partial charge on any atom is 0.233 e. The quantitative estimate of drug-likeness (QED) is 0.780. The second-order valence-electron chi connectivity index (χ2n) is 9.58. The standard InChI is InChI=1S/C24H34N2O2/c1-18-3-2-13-25(18)22-9-6-20(17-22)19-4-7-21(8-5-19)26-14-10-24(23(26)27)11-15-28-16-12-24/h4-5,7-8,18,20,22H,2-3,6,9-17H2,1H3/t18-,20-,22-/m0/s1. The van der Waals surface area contributed by atoms with E-state index >= 15 is 0 Å². The van der Waals surface area contributed by atoms with E-state index in [4.69, 9.17) is 4.74 Å². The number of anilines is 1. The Morgan fingerprint density at radius 2 is 1.79 bits per heavy atom. The zero-order valence-electron chi connectivity index (χ0n) is 17.2. The molecule has 1 amide bonds. The molecule has 4 fully saturated rings. The molecule has 5 rings (SSSR count). The second kappa shape index (κ2) is 7.46. The number of carbonyl (C=O) groups excluding carboxylic acids is 1. The molecule has 4 heteroatoms. The lowest BCUT2D eigenvalue weighted by Crippen LogP contribution is -2.38. The summed E-state index contributed by atoms with van der Waals surface area (Å²) in [7, 11) is 0.